The highest BCUT2D eigenvalue weighted by Gasteiger charge is 2.40. The van der Waals surface area contributed by atoms with Gasteiger partial charge in [0.2, 0.25) is 0 Å². The summed E-state index contributed by atoms with van der Waals surface area (Å²) in [6, 6.07) is 0. The molecule has 14 heavy (non-hydrogen) atoms. The largest absolute Gasteiger partial charge is 0.383 e. The third-order valence-corrected chi connectivity index (χ3v) is 6.14. The second kappa shape index (κ2) is 4.71. The fraction of sp³-hybridized carbons (Fsp3) is 0.667. The second-order valence-electron chi connectivity index (χ2n) is 2.61. The molecule has 0 radical (unpaired) electrons. The summed E-state index contributed by atoms with van der Waals surface area (Å²) in [5.41, 5.74) is 0. The quantitative estimate of drug-likeness (QED) is 0.629. The van der Waals surface area contributed by atoms with E-state index in [2.05, 4.69) is 11.1 Å². The molecule has 6 nitrogen and oxygen atoms in total. The van der Waals surface area contributed by atoms with E-state index in [1.807, 2.05) is 0 Å². The first kappa shape index (κ1) is 14.0. The van der Waals surface area contributed by atoms with Crippen molar-refractivity contribution in [3.63, 3.8) is 0 Å². The van der Waals surface area contributed by atoms with Gasteiger partial charge >= 0.3 is 7.60 Å². The Labute approximate surface area is 82.2 Å². The molecule has 0 aromatic heterocycles. The predicted molar refractivity (Wildman–Crippen MR) is 52.1 cm³/mol. The molecule has 3 N–H and O–H groups in total. The Balaban J connectivity index is 4.97. The molecule has 3 atom stereocenters. The summed E-state index contributed by atoms with van der Waals surface area (Å²) in [5.74, 6) is -1.64. The van der Waals surface area contributed by atoms with E-state index in [4.69, 9.17) is 10.00 Å². The van der Waals surface area contributed by atoms with Crippen molar-refractivity contribution in [2.24, 2.45) is 0 Å². The van der Waals surface area contributed by atoms with Gasteiger partial charge in [0.25, 0.3) is 7.37 Å². The summed E-state index contributed by atoms with van der Waals surface area (Å²) in [4.78, 5) is 18.4. The average molecular weight is 244 g/mol. The number of aliphatic hydroxyl groups is 1. The molecule has 0 aliphatic heterocycles. The number of aliphatic hydroxyl groups excluding tert-OH is 1. The van der Waals surface area contributed by atoms with Gasteiger partial charge in [-0.3, -0.25) is 9.13 Å². The van der Waals surface area contributed by atoms with E-state index in [1.54, 1.807) is 0 Å². The van der Waals surface area contributed by atoms with E-state index < -0.39 is 25.9 Å². The molecule has 3 unspecified atom stereocenters. The van der Waals surface area contributed by atoms with Gasteiger partial charge in [-0.25, -0.2) is 0 Å². The molecule has 8 heteroatoms. The van der Waals surface area contributed by atoms with Crippen molar-refractivity contribution in [1.82, 2.24) is 0 Å². The van der Waals surface area contributed by atoms with Crippen LogP contribution in [0.3, 0.4) is 0 Å². The monoisotopic (exact) mass is 244 g/mol. The van der Waals surface area contributed by atoms with Crippen molar-refractivity contribution in [3.05, 3.63) is 11.6 Å². The maximum Gasteiger partial charge on any atom is 0.364 e. The van der Waals surface area contributed by atoms with Crippen LogP contribution >= 0.6 is 15.0 Å². The highest BCUT2D eigenvalue weighted by Crippen LogP contribution is 2.69. The van der Waals surface area contributed by atoms with Crippen LogP contribution in [-0.2, 0) is 13.7 Å². The van der Waals surface area contributed by atoms with Crippen LogP contribution < -0.4 is 0 Å². The molecule has 0 aromatic rings. The molecule has 0 saturated heterocycles. The smallest absolute Gasteiger partial charge is 0.364 e. The topological polar surface area (TPSA) is 104 Å². The summed E-state index contributed by atoms with van der Waals surface area (Å²) >= 11 is 0. The number of hydrogen-bond acceptors (Lipinski definition) is 4. The van der Waals surface area contributed by atoms with Gasteiger partial charge in [-0.05, 0) is 13.8 Å². The number of hydrogen-bond donors (Lipinski definition) is 3. The molecule has 0 fully saturated rings. The van der Waals surface area contributed by atoms with E-state index in [-0.39, 0.29) is 6.61 Å². The normalized spacial score (nSPS) is 22.1. The van der Waals surface area contributed by atoms with Crippen molar-refractivity contribution >= 4 is 15.0 Å². The molecule has 0 amide bonds. The summed E-state index contributed by atoms with van der Waals surface area (Å²) in [7, 11) is -8.61. The van der Waals surface area contributed by atoms with Crippen molar-refractivity contribution in [2.45, 2.75) is 19.7 Å². The lowest BCUT2D eigenvalue weighted by molar-refractivity contribution is 0.248. The maximum atomic E-state index is 11.3. The summed E-state index contributed by atoms with van der Waals surface area (Å²) < 4.78 is 27.0. The molecular formula is C6H14O6P2. The molecule has 0 bridgehead atoms. The van der Waals surface area contributed by atoms with Crippen molar-refractivity contribution in [3.8, 4) is 0 Å². The summed E-state index contributed by atoms with van der Waals surface area (Å²) in [6.45, 7) is 5.43. The van der Waals surface area contributed by atoms with Crippen LogP contribution in [0.25, 0.3) is 0 Å². The van der Waals surface area contributed by atoms with Gasteiger partial charge < -0.3 is 19.4 Å². The zero-order valence-electron chi connectivity index (χ0n) is 7.95. The van der Waals surface area contributed by atoms with Gasteiger partial charge in [0.05, 0.1) is 6.61 Å². The first-order valence-corrected chi connectivity index (χ1v) is 7.14. The van der Waals surface area contributed by atoms with Gasteiger partial charge in [-0.15, -0.1) is 0 Å². The van der Waals surface area contributed by atoms with Crippen molar-refractivity contribution in [1.29, 1.82) is 0 Å². The van der Waals surface area contributed by atoms with Gasteiger partial charge in [0.1, 0.15) is 10.9 Å². The molecule has 0 saturated carbocycles. The minimum Gasteiger partial charge on any atom is -0.383 e. The molecular weight excluding hydrogens is 230 g/mol. The minimum absolute atomic E-state index is 0.0907. The average Bonchev–Trinajstić information content (AvgIpc) is 2.02. The minimum atomic E-state index is -4.33. The van der Waals surface area contributed by atoms with E-state index in [1.165, 1.54) is 6.92 Å². The fourth-order valence-corrected chi connectivity index (χ4v) is 3.70. The van der Waals surface area contributed by atoms with Crippen LogP contribution in [0.4, 0.5) is 0 Å². The molecule has 0 aliphatic carbocycles. The lowest BCUT2D eigenvalue weighted by Crippen LogP contribution is -2.04. The fourth-order valence-electron chi connectivity index (χ4n) is 0.646. The van der Waals surface area contributed by atoms with Crippen LogP contribution in [0.15, 0.2) is 11.6 Å². The maximum absolute atomic E-state index is 11.3. The zero-order chi connectivity index (χ0) is 11.6. The SMILES string of the molecule is C=C(P(=O)(O)OCC)P(=O)(O)C(C)O. The van der Waals surface area contributed by atoms with Crippen LogP contribution in [0, 0.1) is 0 Å². The molecule has 0 rings (SSSR count). The molecule has 84 valence electrons. The highest BCUT2D eigenvalue weighted by atomic mass is 31.2. The van der Waals surface area contributed by atoms with Crippen LogP contribution in [0.2, 0.25) is 0 Å². The van der Waals surface area contributed by atoms with Gasteiger partial charge in [-0.1, -0.05) is 6.58 Å². The Morgan fingerprint density at radius 3 is 2.21 bits per heavy atom. The Bertz CT molecular complexity index is 309. The van der Waals surface area contributed by atoms with Crippen molar-refractivity contribution in [2.75, 3.05) is 6.61 Å². The Morgan fingerprint density at radius 2 is 1.93 bits per heavy atom. The summed E-state index contributed by atoms with van der Waals surface area (Å²) in [6.07, 6.45) is 0. The standard InChI is InChI=1S/C6H14O6P2/c1-4-12-14(10,11)6(3)13(8,9)5(2)7/h5,7H,3-4H2,1-2H3,(H,8,9)(H,10,11). The first-order chi connectivity index (χ1) is 6.16. The van der Waals surface area contributed by atoms with Crippen molar-refractivity contribution < 1.29 is 28.5 Å². The van der Waals surface area contributed by atoms with Gasteiger partial charge in [-0.2, -0.15) is 0 Å². The molecule has 0 heterocycles. The number of rotatable bonds is 5. The molecule has 0 spiro atoms. The molecule has 0 aliphatic rings. The third-order valence-electron chi connectivity index (χ3n) is 1.51. The molecule has 0 aromatic carbocycles. The summed E-state index contributed by atoms with van der Waals surface area (Å²) in [5, 5.41) is 8.07. The first-order valence-electron chi connectivity index (χ1n) is 3.84. The third kappa shape index (κ3) is 3.02. The zero-order valence-corrected chi connectivity index (χ0v) is 9.74. The van der Waals surface area contributed by atoms with E-state index in [0.29, 0.717) is 0 Å². The lowest BCUT2D eigenvalue weighted by Gasteiger charge is -2.20. The predicted octanol–water partition coefficient (Wildman–Crippen LogP) is 1.29. The Kier molecular flexibility index (Phi) is 4.72. The Hall–Kier alpha value is 0.0400. The van der Waals surface area contributed by atoms with E-state index in [0.717, 1.165) is 6.92 Å². The lowest BCUT2D eigenvalue weighted by atomic mass is 10.9. The van der Waals surface area contributed by atoms with Crippen LogP contribution in [0.5, 0.6) is 0 Å². The van der Waals surface area contributed by atoms with Crippen LogP contribution in [0.1, 0.15) is 13.8 Å². The Morgan fingerprint density at radius 1 is 1.50 bits per heavy atom. The van der Waals surface area contributed by atoms with E-state index >= 15 is 0 Å². The van der Waals surface area contributed by atoms with E-state index in [9.17, 15) is 14.0 Å². The second-order valence-corrected chi connectivity index (χ2v) is 7.33. The van der Waals surface area contributed by atoms with Gasteiger partial charge in [0, 0.05) is 0 Å². The highest BCUT2D eigenvalue weighted by molar-refractivity contribution is 7.80. The van der Waals surface area contributed by atoms with Gasteiger partial charge in [0.15, 0.2) is 0 Å². The van der Waals surface area contributed by atoms with Crippen LogP contribution in [-0.4, -0.2) is 27.3 Å².